The average Bonchev–Trinajstić information content (AvgIpc) is 3.01. The van der Waals surface area contributed by atoms with Gasteiger partial charge in [-0.25, -0.2) is 9.97 Å². The molecule has 0 saturated heterocycles. The molecule has 2 heterocycles. The molecule has 23 heavy (non-hydrogen) atoms. The topological polar surface area (TPSA) is 73.1 Å². The van der Waals surface area contributed by atoms with Crippen molar-refractivity contribution in [1.29, 1.82) is 0 Å². The van der Waals surface area contributed by atoms with E-state index < -0.39 is 0 Å². The van der Waals surface area contributed by atoms with E-state index in [0.717, 1.165) is 28.4 Å². The van der Waals surface area contributed by atoms with E-state index in [1.165, 1.54) is 0 Å². The van der Waals surface area contributed by atoms with E-state index in [9.17, 15) is 0 Å². The molecule has 3 rings (SSSR count). The molecule has 0 fully saturated rings. The lowest BCUT2D eigenvalue weighted by Gasteiger charge is -2.04. The van der Waals surface area contributed by atoms with Crippen molar-refractivity contribution in [2.24, 2.45) is 0 Å². The summed E-state index contributed by atoms with van der Waals surface area (Å²) in [5, 5.41) is 7.25. The largest absolute Gasteiger partial charge is 0.497 e. The molecule has 0 amide bonds. The summed E-state index contributed by atoms with van der Waals surface area (Å²) in [6.07, 6.45) is 0. The molecule has 2 aromatic heterocycles. The van der Waals surface area contributed by atoms with Crippen molar-refractivity contribution in [3.63, 3.8) is 0 Å². The van der Waals surface area contributed by atoms with Crippen molar-refractivity contribution in [3.8, 4) is 17.0 Å². The van der Waals surface area contributed by atoms with Crippen molar-refractivity contribution >= 4 is 5.95 Å². The van der Waals surface area contributed by atoms with Crippen LogP contribution in [0.5, 0.6) is 5.75 Å². The zero-order valence-corrected chi connectivity index (χ0v) is 13.3. The molecule has 0 aliphatic heterocycles. The van der Waals surface area contributed by atoms with Crippen LogP contribution in [0.1, 0.15) is 17.1 Å². The Balaban J connectivity index is 1.71. The van der Waals surface area contributed by atoms with Crippen LogP contribution in [-0.4, -0.2) is 22.2 Å². The molecule has 3 aromatic rings. The summed E-state index contributed by atoms with van der Waals surface area (Å²) >= 11 is 0. The molecule has 0 aliphatic carbocycles. The standard InChI is InChI=1S/C17H18N4O2/c1-11-7-12(2)20-17(19-11)18-10-15-9-16(21-23-15)13-5-4-6-14(8-13)22-3/h4-9H,10H2,1-3H3,(H,18,19,20). The Kier molecular flexibility index (Phi) is 4.23. The first-order valence-corrected chi connectivity index (χ1v) is 7.30. The smallest absolute Gasteiger partial charge is 0.223 e. The van der Waals surface area contributed by atoms with Gasteiger partial charge in [-0.2, -0.15) is 0 Å². The van der Waals surface area contributed by atoms with Gasteiger partial charge in [-0.15, -0.1) is 0 Å². The summed E-state index contributed by atoms with van der Waals surface area (Å²) in [6, 6.07) is 11.5. The van der Waals surface area contributed by atoms with Gasteiger partial charge in [-0.05, 0) is 32.0 Å². The monoisotopic (exact) mass is 310 g/mol. The van der Waals surface area contributed by atoms with Crippen molar-refractivity contribution in [2.45, 2.75) is 20.4 Å². The number of ether oxygens (including phenoxy) is 1. The first-order valence-electron chi connectivity index (χ1n) is 7.30. The van der Waals surface area contributed by atoms with Crippen LogP contribution in [0.4, 0.5) is 5.95 Å². The maximum atomic E-state index is 5.37. The van der Waals surface area contributed by atoms with Gasteiger partial charge in [0.15, 0.2) is 5.76 Å². The minimum absolute atomic E-state index is 0.472. The fourth-order valence-corrected chi connectivity index (χ4v) is 2.29. The highest BCUT2D eigenvalue weighted by atomic mass is 16.5. The van der Waals surface area contributed by atoms with Crippen LogP contribution in [0, 0.1) is 13.8 Å². The van der Waals surface area contributed by atoms with Crippen LogP contribution in [0.3, 0.4) is 0 Å². The first-order chi connectivity index (χ1) is 11.1. The quantitative estimate of drug-likeness (QED) is 0.779. The molecular weight excluding hydrogens is 292 g/mol. The molecule has 1 aromatic carbocycles. The number of hydrogen-bond donors (Lipinski definition) is 1. The number of rotatable bonds is 5. The SMILES string of the molecule is COc1cccc(-c2cc(CNc3nc(C)cc(C)n3)on2)c1. The molecule has 0 unspecified atom stereocenters. The number of nitrogens with zero attached hydrogens (tertiary/aromatic N) is 3. The molecule has 0 bridgehead atoms. The van der Waals surface area contributed by atoms with E-state index in [2.05, 4.69) is 20.4 Å². The number of aromatic nitrogens is 3. The molecule has 1 N–H and O–H groups in total. The van der Waals surface area contributed by atoms with Crippen molar-refractivity contribution in [2.75, 3.05) is 12.4 Å². The lowest BCUT2D eigenvalue weighted by molar-refractivity contribution is 0.389. The van der Waals surface area contributed by atoms with Crippen LogP contribution in [-0.2, 0) is 6.54 Å². The Bertz CT molecular complexity index is 794. The molecule has 0 saturated carbocycles. The molecule has 0 aliphatic rings. The van der Waals surface area contributed by atoms with Gasteiger partial charge in [-0.1, -0.05) is 17.3 Å². The van der Waals surface area contributed by atoms with Crippen LogP contribution in [0.25, 0.3) is 11.3 Å². The second-order valence-electron chi connectivity index (χ2n) is 5.24. The minimum Gasteiger partial charge on any atom is -0.497 e. The number of hydrogen-bond acceptors (Lipinski definition) is 6. The van der Waals surface area contributed by atoms with E-state index in [-0.39, 0.29) is 0 Å². The number of nitrogens with one attached hydrogen (secondary N) is 1. The lowest BCUT2D eigenvalue weighted by atomic mass is 10.1. The van der Waals surface area contributed by atoms with Gasteiger partial charge in [0.2, 0.25) is 5.95 Å². The van der Waals surface area contributed by atoms with E-state index in [1.54, 1.807) is 7.11 Å². The van der Waals surface area contributed by atoms with Crippen LogP contribution in [0.15, 0.2) is 40.9 Å². The number of anilines is 1. The van der Waals surface area contributed by atoms with Gasteiger partial charge in [0, 0.05) is 23.0 Å². The van der Waals surface area contributed by atoms with Crippen LogP contribution in [0.2, 0.25) is 0 Å². The van der Waals surface area contributed by atoms with Gasteiger partial charge in [0.25, 0.3) is 0 Å². The number of methoxy groups -OCH3 is 1. The van der Waals surface area contributed by atoms with E-state index in [1.807, 2.05) is 50.2 Å². The summed E-state index contributed by atoms with van der Waals surface area (Å²) in [5.41, 5.74) is 3.56. The second kappa shape index (κ2) is 6.48. The fourth-order valence-electron chi connectivity index (χ4n) is 2.29. The molecular formula is C17H18N4O2. The maximum absolute atomic E-state index is 5.37. The van der Waals surface area contributed by atoms with Crippen molar-refractivity contribution < 1.29 is 9.26 Å². The zero-order valence-electron chi connectivity index (χ0n) is 13.3. The van der Waals surface area contributed by atoms with Gasteiger partial charge >= 0.3 is 0 Å². The number of aryl methyl sites for hydroxylation is 2. The molecule has 6 nitrogen and oxygen atoms in total. The predicted octanol–water partition coefficient (Wildman–Crippen LogP) is 3.37. The van der Waals surface area contributed by atoms with E-state index >= 15 is 0 Å². The van der Waals surface area contributed by atoms with Gasteiger partial charge in [0.1, 0.15) is 11.4 Å². The number of benzene rings is 1. The normalized spacial score (nSPS) is 10.6. The summed E-state index contributed by atoms with van der Waals surface area (Å²) in [5.74, 6) is 2.08. The highest BCUT2D eigenvalue weighted by Gasteiger charge is 2.08. The van der Waals surface area contributed by atoms with Crippen LogP contribution >= 0.6 is 0 Å². The molecule has 118 valence electrons. The summed E-state index contributed by atoms with van der Waals surface area (Å²) in [7, 11) is 1.64. The molecule has 0 radical (unpaired) electrons. The summed E-state index contributed by atoms with van der Waals surface area (Å²) in [6.45, 7) is 4.35. The molecule has 0 atom stereocenters. The van der Waals surface area contributed by atoms with Gasteiger partial charge in [0.05, 0.1) is 13.7 Å². The highest BCUT2D eigenvalue weighted by Crippen LogP contribution is 2.23. The predicted molar refractivity (Wildman–Crippen MR) is 87.3 cm³/mol. The van der Waals surface area contributed by atoms with Crippen LogP contribution < -0.4 is 10.1 Å². The summed E-state index contributed by atoms with van der Waals surface area (Å²) in [4.78, 5) is 8.67. The Morgan fingerprint density at radius 2 is 1.87 bits per heavy atom. The van der Waals surface area contributed by atoms with Gasteiger partial charge < -0.3 is 14.6 Å². The lowest BCUT2D eigenvalue weighted by Crippen LogP contribution is -2.04. The highest BCUT2D eigenvalue weighted by molar-refractivity contribution is 5.61. The second-order valence-corrected chi connectivity index (χ2v) is 5.24. The Morgan fingerprint density at radius 1 is 1.09 bits per heavy atom. The fraction of sp³-hybridized carbons (Fsp3) is 0.235. The zero-order chi connectivity index (χ0) is 16.2. The summed E-state index contributed by atoms with van der Waals surface area (Å²) < 4.78 is 10.6. The Hall–Kier alpha value is -2.89. The molecule has 0 spiro atoms. The average molecular weight is 310 g/mol. The van der Waals surface area contributed by atoms with E-state index in [0.29, 0.717) is 18.3 Å². The van der Waals surface area contributed by atoms with Gasteiger partial charge in [-0.3, -0.25) is 0 Å². The first kappa shape index (κ1) is 15.0. The van der Waals surface area contributed by atoms with Crippen molar-refractivity contribution in [3.05, 3.63) is 53.5 Å². The Morgan fingerprint density at radius 3 is 2.61 bits per heavy atom. The third-order valence-corrected chi connectivity index (χ3v) is 3.33. The third-order valence-electron chi connectivity index (χ3n) is 3.33. The third kappa shape index (κ3) is 3.66. The van der Waals surface area contributed by atoms with Crippen molar-refractivity contribution in [1.82, 2.24) is 15.1 Å². The maximum Gasteiger partial charge on any atom is 0.223 e. The Labute approximate surface area is 134 Å². The minimum atomic E-state index is 0.472. The molecule has 6 heteroatoms. The van der Waals surface area contributed by atoms with E-state index in [4.69, 9.17) is 9.26 Å².